The first kappa shape index (κ1) is 13.5. The van der Waals surface area contributed by atoms with Crippen molar-refractivity contribution < 1.29 is 13.9 Å². The molecule has 0 aliphatic carbocycles. The van der Waals surface area contributed by atoms with Crippen LogP contribution in [0.2, 0.25) is 5.02 Å². The first-order valence-electron chi connectivity index (χ1n) is 5.58. The first-order chi connectivity index (χ1) is 9.11. The summed E-state index contributed by atoms with van der Waals surface area (Å²) in [7, 11) is 0. The van der Waals surface area contributed by atoms with E-state index in [1.165, 1.54) is 12.3 Å². The highest BCUT2D eigenvalue weighted by molar-refractivity contribution is 6.31. The SMILES string of the molecule is Cc1cc(OCc2occc2C(=O)NN)ccc1Cl. The summed E-state index contributed by atoms with van der Waals surface area (Å²) < 4.78 is 10.7. The molecule has 19 heavy (non-hydrogen) atoms. The third kappa shape index (κ3) is 3.07. The van der Waals surface area contributed by atoms with Crippen molar-refractivity contribution in [2.45, 2.75) is 13.5 Å². The van der Waals surface area contributed by atoms with Crippen LogP contribution >= 0.6 is 11.6 Å². The van der Waals surface area contributed by atoms with Crippen LogP contribution in [0.15, 0.2) is 34.9 Å². The van der Waals surface area contributed by atoms with Gasteiger partial charge in [0, 0.05) is 5.02 Å². The number of nitrogens with two attached hydrogens (primary N) is 1. The van der Waals surface area contributed by atoms with Crippen LogP contribution in [0.1, 0.15) is 21.7 Å². The van der Waals surface area contributed by atoms with Gasteiger partial charge in [-0.2, -0.15) is 0 Å². The lowest BCUT2D eigenvalue weighted by Crippen LogP contribution is -2.30. The number of nitrogens with one attached hydrogen (secondary N) is 1. The van der Waals surface area contributed by atoms with Gasteiger partial charge in [-0.05, 0) is 36.8 Å². The van der Waals surface area contributed by atoms with Crippen molar-refractivity contribution >= 4 is 17.5 Å². The fourth-order valence-electron chi connectivity index (χ4n) is 1.59. The molecule has 6 heteroatoms. The predicted octanol–water partition coefficient (Wildman–Crippen LogP) is 2.42. The van der Waals surface area contributed by atoms with E-state index in [0.29, 0.717) is 22.1 Å². The van der Waals surface area contributed by atoms with Gasteiger partial charge in [-0.15, -0.1) is 0 Å². The minimum Gasteiger partial charge on any atom is -0.486 e. The number of rotatable bonds is 4. The molecule has 0 bridgehead atoms. The number of carbonyl (C=O) groups is 1. The number of ether oxygens (including phenoxy) is 1. The molecule has 0 saturated heterocycles. The second kappa shape index (κ2) is 5.77. The highest BCUT2D eigenvalue weighted by Crippen LogP contribution is 2.22. The Morgan fingerprint density at radius 2 is 2.26 bits per heavy atom. The van der Waals surface area contributed by atoms with E-state index in [4.69, 9.17) is 26.6 Å². The normalized spacial score (nSPS) is 10.3. The second-order valence-electron chi connectivity index (χ2n) is 3.93. The van der Waals surface area contributed by atoms with Gasteiger partial charge in [0.25, 0.3) is 5.91 Å². The minimum absolute atomic E-state index is 0.136. The molecule has 0 atom stereocenters. The molecular formula is C13H13ClN2O3. The number of amides is 1. The minimum atomic E-state index is -0.417. The Morgan fingerprint density at radius 1 is 1.47 bits per heavy atom. The Labute approximate surface area is 115 Å². The van der Waals surface area contributed by atoms with Gasteiger partial charge in [-0.3, -0.25) is 10.2 Å². The molecule has 2 rings (SSSR count). The van der Waals surface area contributed by atoms with Crippen molar-refractivity contribution in [1.82, 2.24) is 5.43 Å². The average molecular weight is 281 g/mol. The largest absolute Gasteiger partial charge is 0.486 e. The van der Waals surface area contributed by atoms with Crippen molar-refractivity contribution in [3.63, 3.8) is 0 Å². The van der Waals surface area contributed by atoms with E-state index >= 15 is 0 Å². The highest BCUT2D eigenvalue weighted by Gasteiger charge is 2.14. The van der Waals surface area contributed by atoms with Crippen LogP contribution in [0.4, 0.5) is 0 Å². The van der Waals surface area contributed by atoms with E-state index in [-0.39, 0.29) is 6.61 Å². The van der Waals surface area contributed by atoms with Crippen molar-refractivity contribution in [3.05, 3.63) is 52.4 Å². The molecule has 1 heterocycles. The molecule has 0 aliphatic heterocycles. The molecule has 0 aliphatic rings. The maximum Gasteiger partial charge on any atom is 0.268 e. The molecule has 0 saturated carbocycles. The Hall–Kier alpha value is -1.98. The third-order valence-electron chi connectivity index (χ3n) is 2.62. The summed E-state index contributed by atoms with van der Waals surface area (Å²) >= 11 is 5.93. The second-order valence-corrected chi connectivity index (χ2v) is 4.34. The van der Waals surface area contributed by atoms with E-state index in [9.17, 15) is 4.79 Å². The van der Waals surface area contributed by atoms with E-state index < -0.39 is 5.91 Å². The van der Waals surface area contributed by atoms with Gasteiger partial charge < -0.3 is 9.15 Å². The molecule has 2 aromatic rings. The lowest BCUT2D eigenvalue weighted by atomic mass is 10.2. The Bertz CT molecular complexity index is 595. The summed E-state index contributed by atoms with van der Waals surface area (Å²) in [6, 6.07) is 6.85. The number of nitrogen functional groups attached to an aromatic ring is 1. The Balaban J connectivity index is 2.08. The van der Waals surface area contributed by atoms with Gasteiger partial charge in [0.1, 0.15) is 12.4 Å². The number of hydrogen-bond donors (Lipinski definition) is 2. The lowest BCUT2D eigenvalue weighted by molar-refractivity contribution is 0.0949. The number of carbonyl (C=O) groups excluding carboxylic acids is 1. The fourth-order valence-corrected chi connectivity index (χ4v) is 1.71. The van der Waals surface area contributed by atoms with Crippen LogP contribution < -0.4 is 16.0 Å². The summed E-state index contributed by atoms with van der Waals surface area (Å²) in [4.78, 5) is 11.4. The van der Waals surface area contributed by atoms with E-state index in [1.807, 2.05) is 13.0 Å². The van der Waals surface area contributed by atoms with Crippen molar-refractivity contribution in [2.24, 2.45) is 5.84 Å². The summed E-state index contributed by atoms with van der Waals surface area (Å²) in [6.07, 6.45) is 1.41. The third-order valence-corrected chi connectivity index (χ3v) is 3.04. The van der Waals surface area contributed by atoms with Gasteiger partial charge in [0.05, 0.1) is 11.8 Å². The molecule has 0 unspecified atom stereocenters. The van der Waals surface area contributed by atoms with Gasteiger partial charge in [0.2, 0.25) is 0 Å². The zero-order chi connectivity index (χ0) is 13.8. The van der Waals surface area contributed by atoms with Gasteiger partial charge in [-0.25, -0.2) is 5.84 Å². The standard InChI is InChI=1S/C13H13ClN2O3/c1-8-6-9(2-3-11(8)14)19-7-12-10(4-5-18-12)13(17)16-15/h2-6H,7,15H2,1H3,(H,16,17). The first-order valence-corrected chi connectivity index (χ1v) is 5.96. The molecule has 1 amide bonds. The topological polar surface area (TPSA) is 77.5 Å². The quantitative estimate of drug-likeness (QED) is 0.512. The molecule has 1 aromatic heterocycles. The summed E-state index contributed by atoms with van der Waals surface area (Å²) in [5.41, 5.74) is 3.32. The lowest BCUT2D eigenvalue weighted by Gasteiger charge is -2.07. The van der Waals surface area contributed by atoms with Crippen LogP contribution in [0, 0.1) is 6.92 Å². The maximum atomic E-state index is 11.4. The predicted molar refractivity (Wildman–Crippen MR) is 70.9 cm³/mol. The number of benzene rings is 1. The molecule has 1 aromatic carbocycles. The molecule has 0 radical (unpaired) electrons. The van der Waals surface area contributed by atoms with Gasteiger partial charge in [0.15, 0.2) is 5.76 Å². The van der Waals surface area contributed by atoms with Crippen LogP contribution in [-0.2, 0) is 6.61 Å². The molecule has 3 N–H and O–H groups in total. The zero-order valence-electron chi connectivity index (χ0n) is 10.3. The number of furan rings is 1. The average Bonchev–Trinajstić information content (AvgIpc) is 2.87. The van der Waals surface area contributed by atoms with E-state index in [0.717, 1.165) is 5.56 Å². The monoisotopic (exact) mass is 280 g/mol. The van der Waals surface area contributed by atoms with Crippen molar-refractivity contribution in [2.75, 3.05) is 0 Å². The van der Waals surface area contributed by atoms with Crippen molar-refractivity contribution in [3.8, 4) is 5.75 Å². The smallest absolute Gasteiger partial charge is 0.268 e. The molecule has 100 valence electrons. The van der Waals surface area contributed by atoms with Crippen molar-refractivity contribution in [1.29, 1.82) is 0 Å². The molecule has 0 spiro atoms. The Kier molecular flexibility index (Phi) is 4.09. The highest BCUT2D eigenvalue weighted by atomic mass is 35.5. The fraction of sp³-hybridized carbons (Fsp3) is 0.154. The summed E-state index contributed by atoms with van der Waals surface area (Å²) in [5.74, 6) is 5.73. The van der Waals surface area contributed by atoms with Crippen LogP contribution in [0.5, 0.6) is 5.75 Å². The van der Waals surface area contributed by atoms with Crippen LogP contribution in [0.25, 0.3) is 0 Å². The molecular weight excluding hydrogens is 268 g/mol. The zero-order valence-corrected chi connectivity index (χ0v) is 11.0. The summed E-state index contributed by atoms with van der Waals surface area (Å²) in [5, 5.41) is 0.675. The van der Waals surface area contributed by atoms with Gasteiger partial charge >= 0.3 is 0 Å². The number of halogens is 1. The summed E-state index contributed by atoms with van der Waals surface area (Å²) in [6.45, 7) is 2.02. The Morgan fingerprint density at radius 3 is 2.95 bits per heavy atom. The molecule has 0 fully saturated rings. The number of hydrogen-bond acceptors (Lipinski definition) is 4. The molecule has 5 nitrogen and oxygen atoms in total. The van der Waals surface area contributed by atoms with E-state index in [1.54, 1.807) is 12.1 Å². The number of hydrazine groups is 1. The van der Waals surface area contributed by atoms with E-state index in [2.05, 4.69) is 5.43 Å². The van der Waals surface area contributed by atoms with Crippen LogP contribution in [0.3, 0.4) is 0 Å². The number of aryl methyl sites for hydroxylation is 1. The van der Waals surface area contributed by atoms with Gasteiger partial charge in [-0.1, -0.05) is 11.6 Å². The maximum absolute atomic E-state index is 11.4. The van der Waals surface area contributed by atoms with Crippen LogP contribution in [-0.4, -0.2) is 5.91 Å².